The van der Waals surface area contributed by atoms with Crippen LogP contribution in [0.15, 0.2) is 53.4 Å². The van der Waals surface area contributed by atoms with Crippen molar-refractivity contribution in [3.05, 3.63) is 59.1 Å². The molecule has 9 heteroatoms. The van der Waals surface area contributed by atoms with Gasteiger partial charge in [0.05, 0.1) is 23.5 Å². The molecule has 0 bridgehead atoms. The Bertz CT molecular complexity index is 991. The van der Waals surface area contributed by atoms with Crippen molar-refractivity contribution in [2.75, 3.05) is 25.5 Å². The van der Waals surface area contributed by atoms with Crippen LogP contribution in [0.2, 0.25) is 5.02 Å². The number of amides is 1. The highest BCUT2D eigenvalue weighted by molar-refractivity contribution is 7.89. The maximum Gasteiger partial charge on any atom is 0.337 e. The SMILES string of the molecule is COC(=O)c1ccc(NC(=O)[C@@H]2CCCN(S(=O)(=O)c3ccc(Cl)cc3)C2)cc1. The highest BCUT2D eigenvalue weighted by atomic mass is 35.5. The largest absolute Gasteiger partial charge is 0.465 e. The Morgan fingerprint density at radius 1 is 1.10 bits per heavy atom. The van der Waals surface area contributed by atoms with Crippen molar-refractivity contribution in [1.82, 2.24) is 4.31 Å². The summed E-state index contributed by atoms with van der Waals surface area (Å²) in [7, 11) is -2.40. The molecular formula is C20H21ClN2O5S. The first-order chi connectivity index (χ1) is 13.8. The number of nitrogens with zero attached hydrogens (tertiary/aromatic N) is 1. The van der Waals surface area contributed by atoms with E-state index in [0.29, 0.717) is 35.7 Å². The number of esters is 1. The van der Waals surface area contributed by atoms with Crippen molar-refractivity contribution in [2.45, 2.75) is 17.7 Å². The molecule has 2 aromatic carbocycles. The summed E-state index contributed by atoms with van der Waals surface area (Å²) in [5.41, 5.74) is 0.906. The minimum Gasteiger partial charge on any atom is -0.465 e. The van der Waals surface area contributed by atoms with Gasteiger partial charge in [0.25, 0.3) is 0 Å². The van der Waals surface area contributed by atoms with Gasteiger partial charge < -0.3 is 10.1 Å². The number of rotatable bonds is 5. The number of anilines is 1. The molecule has 154 valence electrons. The molecule has 0 radical (unpaired) electrons. The molecule has 29 heavy (non-hydrogen) atoms. The van der Waals surface area contributed by atoms with Crippen molar-refractivity contribution in [1.29, 1.82) is 0 Å². The quantitative estimate of drug-likeness (QED) is 0.726. The van der Waals surface area contributed by atoms with Crippen LogP contribution in [0.25, 0.3) is 0 Å². The van der Waals surface area contributed by atoms with Crippen molar-refractivity contribution in [3.63, 3.8) is 0 Å². The second-order valence-electron chi connectivity index (χ2n) is 6.71. The minimum atomic E-state index is -3.69. The van der Waals surface area contributed by atoms with Gasteiger partial charge >= 0.3 is 5.97 Å². The number of benzene rings is 2. The first kappa shape index (κ1) is 21.3. The number of nitrogens with one attached hydrogen (secondary N) is 1. The van der Waals surface area contributed by atoms with E-state index in [-0.39, 0.29) is 17.3 Å². The number of sulfonamides is 1. The molecule has 1 N–H and O–H groups in total. The van der Waals surface area contributed by atoms with Crippen molar-refractivity contribution in [2.24, 2.45) is 5.92 Å². The van der Waals surface area contributed by atoms with Gasteiger partial charge in [-0.15, -0.1) is 0 Å². The third-order valence-electron chi connectivity index (χ3n) is 4.78. The molecule has 0 saturated carbocycles. The van der Waals surface area contributed by atoms with E-state index in [1.54, 1.807) is 24.3 Å². The Kier molecular flexibility index (Phi) is 6.56. The molecule has 1 amide bonds. The van der Waals surface area contributed by atoms with E-state index in [4.69, 9.17) is 11.6 Å². The van der Waals surface area contributed by atoms with Crippen LogP contribution in [0.4, 0.5) is 5.69 Å². The molecule has 0 unspecified atom stereocenters. The lowest BCUT2D eigenvalue weighted by atomic mass is 9.98. The van der Waals surface area contributed by atoms with Gasteiger partial charge in [0.1, 0.15) is 0 Å². The second-order valence-corrected chi connectivity index (χ2v) is 9.09. The lowest BCUT2D eigenvalue weighted by molar-refractivity contribution is -0.120. The van der Waals surface area contributed by atoms with Gasteiger partial charge in [-0.2, -0.15) is 4.31 Å². The van der Waals surface area contributed by atoms with Crippen LogP contribution in [0.5, 0.6) is 0 Å². The van der Waals surface area contributed by atoms with Crippen LogP contribution in [0.1, 0.15) is 23.2 Å². The first-order valence-corrected chi connectivity index (χ1v) is 10.9. The zero-order chi connectivity index (χ0) is 21.0. The first-order valence-electron chi connectivity index (χ1n) is 9.06. The van der Waals surface area contributed by atoms with Gasteiger partial charge in [0.2, 0.25) is 15.9 Å². The summed E-state index contributed by atoms with van der Waals surface area (Å²) < 4.78 is 31.7. The molecule has 0 aromatic heterocycles. The molecule has 1 atom stereocenters. The lowest BCUT2D eigenvalue weighted by Crippen LogP contribution is -2.43. The molecule has 1 saturated heterocycles. The molecule has 1 aliphatic heterocycles. The van der Waals surface area contributed by atoms with E-state index in [9.17, 15) is 18.0 Å². The van der Waals surface area contributed by atoms with Crippen molar-refractivity contribution in [3.8, 4) is 0 Å². The molecule has 7 nitrogen and oxygen atoms in total. The van der Waals surface area contributed by atoms with Crippen molar-refractivity contribution >= 4 is 39.2 Å². The highest BCUT2D eigenvalue weighted by Crippen LogP contribution is 2.25. The summed E-state index contributed by atoms with van der Waals surface area (Å²) in [4.78, 5) is 24.3. The van der Waals surface area contributed by atoms with Crippen LogP contribution < -0.4 is 5.32 Å². The second kappa shape index (κ2) is 8.94. The van der Waals surface area contributed by atoms with Crippen LogP contribution in [-0.4, -0.2) is 44.8 Å². The fraction of sp³-hybridized carbons (Fsp3) is 0.300. The smallest absolute Gasteiger partial charge is 0.337 e. The Morgan fingerprint density at radius 3 is 2.38 bits per heavy atom. The van der Waals surface area contributed by atoms with E-state index >= 15 is 0 Å². The van der Waals surface area contributed by atoms with Gasteiger partial charge in [0.15, 0.2) is 0 Å². The lowest BCUT2D eigenvalue weighted by Gasteiger charge is -2.31. The third kappa shape index (κ3) is 4.95. The topological polar surface area (TPSA) is 92.8 Å². The predicted molar refractivity (Wildman–Crippen MR) is 109 cm³/mol. The maximum absolute atomic E-state index is 12.9. The van der Waals surface area contributed by atoms with Gasteiger partial charge in [0, 0.05) is 23.8 Å². The maximum atomic E-state index is 12.9. The Morgan fingerprint density at radius 2 is 1.76 bits per heavy atom. The predicted octanol–water partition coefficient (Wildman–Crippen LogP) is 3.17. The number of carbonyl (C=O) groups excluding carboxylic acids is 2. The fourth-order valence-corrected chi connectivity index (χ4v) is 4.83. The molecule has 2 aromatic rings. The molecule has 0 aliphatic carbocycles. The number of ether oxygens (including phenoxy) is 1. The molecule has 1 heterocycles. The van der Waals surface area contributed by atoms with Crippen LogP contribution in [0.3, 0.4) is 0 Å². The molecule has 0 spiro atoms. The normalized spacial score (nSPS) is 17.5. The third-order valence-corrected chi connectivity index (χ3v) is 6.91. The Labute approximate surface area is 174 Å². The zero-order valence-corrected chi connectivity index (χ0v) is 17.4. The summed E-state index contributed by atoms with van der Waals surface area (Å²) in [6.07, 6.45) is 1.19. The van der Waals surface area contributed by atoms with Crippen LogP contribution in [-0.2, 0) is 19.6 Å². The number of methoxy groups -OCH3 is 1. The fourth-order valence-electron chi connectivity index (χ4n) is 3.18. The number of halogens is 1. The average Bonchev–Trinajstić information content (AvgIpc) is 2.74. The number of hydrogen-bond donors (Lipinski definition) is 1. The summed E-state index contributed by atoms with van der Waals surface area (Å²) in [5.74, 6) is -1.18. The Balaban J connectivity index is 1.67. The average molecular weight is 437 g/mol. The minimum absolute atomic E-state index is 0.108. The van der Waals surface area contributed by atoms with E-state index in [2.05, 4.69) is 10.1 Å². The van der Waals surface area contributed by atoms with E-state index in [1.165, 1.54) is 35.7 Å². The number of carbonyl (C=O) groups is 2. The number of piperidine rings is 1. The highest BCUT2D eigenvalue weighted by Gasteiger charge is 2.33. The monoisotopic (exact) mass is 436 g/mol. The molecule has 1 aliphatic rings. The van der Waals surface area contributed by atoms with E-state index in [0.717, 1.165) is 0 Å². The summed E-state index contributed by atoms with van der Waals surface area (Å²) in [5, 5.41) is 3.24. The van der Waals surface area contributed by atoms with Crippen LogP contribution >= 0.6 is 11.6 Å². The standard InChI is InChI=1S/C20H21ClN2O5S/c1-28-20(25)14-4-8-17(9-5-14)22-19(24)15-3-2-12-23(13-15)29(26,27)18-10-6-16(21)7-11-18/h4-11,15H,2-3,12-13H2,1H3,(H,22,24)/t15-/m1/s1. The zero-order valence-electron chi connectivity index (χ0n) is 15.8. The summed E-state index contributed by atoms with van der Waals surface area (Å²) in [6, 6.07) is 12.3. The molecule has 1 fully saturated rings. The molecular weight excluding hydrogens is 416 g/mol. The van der Waals surface area contributed by atoms with Gasteiger partial charge in [-0.3, -0.25) is 4.79 Å². The van der Waals surface area contributed by atoms with E-state index in [1.807, 2.05) is 0 Å². The van der Waals surface area contributed by atoms with Gasteiger partial charge in [-0.05, 0) is 61.4 Å². The molecule has 3 rings (SSSR count). The van der Waals surface area contributed by atoms with Crippen LogP contribution in [0, 0.1) is 5.92 Å². The van der Waals surface area contributed by atoms with Gasteiger partial charge in [-0.1, -0.05) is 11.6 Å². The summed E-state index contributed by atoms with van der Waals surface area (Å²) >= 11 is 5.84. The van der Waals surface area contributed by atoms with Crippen molar-refractivity contribution < 1.29 is 22.7 Å². The van der Waals surface area contributed by atoms with Gasteiger partial charge in [-0.25, -0.2) is 13.2 Å². The summed E-state index contributed by atoms with van der Waals surface area (Å²) in [6.45, 7) is 0.472. The number of hydrogen-bond acceptors (Lipinski definition) is 5. The van der Waals surface area contributed by atoms with E-state index < -0.39 is 21.9 Å². The Hall–Kier alpha value is -2.42.